The lowest BCUT2D eigenvalue weighted by molar-refractivity contribution is -0.146. The zero-order valence-corrected chi connectivity index (χ0v) is 23.0. The van der Waals surface area contributed by atoms with Crippen LogP contribution in [0, 0.1) is 23.2 Å². The molecular weight excluding hydrogens is 464 g/mol. The van der Waals surface area contributed by atoms with E-state index in [-0.39, 0.29) is 17.9 Å². The first kappa shape index (κ1) is 25.2. The Morgan fingerprint density at radius 3 is 2.65 bits per heavy atom. The van der Waals surface area contributed by atoms with Gasteiger partial charge in [0.1, 0.15) is 18.1 Å². The number of carbonyl (C=O) groups excluding carboxylic acids is 2. The Hall–Kier alpha value is -2.08. The molecule has 0 spiro atoms. The zero-order chi connectivity index (χ0) is 25.7. The summed E-state index contributed by atoms with van der Waals surface area (Å²) in [7, 11) is 1.80. The number of ether oxygens (including phenoxy) is 2. The lowest BCUT2D eigenvalue weighted by Crippen LogP contribution is -2.52. The first-order chi connectivity index (χ1) is 17.9. The van der Waals surface area contributed by atoms with Crippen LogP contribution in [0.1, 0.15) is 82.3 Å². The summed E-state index contributed by atoms with van der Waals surface area (Å²) in [6.45, 7) is 8.08. The van der Waals surface area contributed by atoms with E-state index in [2.05, 4.69) is 30.9 Å². The highest BCUT2D eigenvalue weighted by atomic mass is 16.5. The maximum atomic E-state index is 12.9. The van der Waals surface area contributed by atoms with Gasteiger partial charge in [0, 0.05) is 37.5 Å². The van der Waals surface area contributed by atoms with Gasteiger partial charge in [0.2, 0.25) is 5.91 Å². The highest BCUT2D eigenvalue weighted by molar-refractivity contribution is 5.87. The lowest BCUT2D eigenvalue weighted by atomic mass is 9.52. The van der Waals surface area contributed by atoms with Crippen molar-refractivity contribution in [1.82, 2.24) is 4.90 Å². The van der Waals surface area contributed by atoms with Crippen molar-refractivity contribution in [3.8, 4) is 5.75 Å². The Kier molecular flexibility index (Phi) is 6.75. The molecule has 0 bridgehead atoms. The quantitative estimate of drug-likeness (QED) is 0.562. The van der Waals surface area contributed by atoms with Crippen molar-refractivity contribution in [3.63, 3.8) is 0 Å². The molecule has 0 radical (unpaired) electrons. The second kappa shape index (κ2) is 9.91. The number of fused-ring (bicyclic) bond motifs is 5. The lowest BCUT2D eigenvalue weighted by Gasteiger charge is -2.52. The minimum absolute atomic E-state index is 0.0963. The van der Waals surface area contributed by atoms with E-state index in [1.165, 1.54) is 29.7 Å². The van der Waals surface area contributed by atoms with Crippen LogP contribution < -0.4 is 9.64 Å². The number of Topliss-reactive ketones (excluding diaryl/α,β-unsaturated/α-hetero) is 1. The average Bonchev–Trinajstić information content (AvgIpc) is 3.22. The molecule has 2 saturated carbocycles. The molecule has 6 heteroatoms. The molecule has 2 saturated heterocycles. The molecule has 0 N–H and O–H groups in total. The van der Waals surface area contributed by atoms with Crippen molar-refractivity contribution in [1.29, 1.82) is 0 Å². The van der Waals surface area contributed by atoms with E-state index in [0.717, 1.165) is 70.3 Å². The summed E-state index contributed by atoms with van der Waals surface area (Å²) in [5.74, 6) is 4.02. The number of anilines is 1. The van der Waals surface area contributed by atoms with Crippen molar-refractivity contribution in [2.45, 2.75) is 83.6 Å². The summed E-state index contributed by atoms with van der Waals surface area (Å²) in [5, 5.41) is 0. The van der Waals surface area contributed by atoms with E-state index in [1.54, 1.807) is 7.11 Å². The molecule has 5 aliphatic rings. The molecule has 1 amide bonds. The number of rotatable bonds is 5. The number of carbonyl (C=O) groups is 2. The van der Waals surface area contributed by atoms with Gasteiger partial charge in [-0.15, -0.1) is 0 Å². The van der Waals surface area contributed by atoms with E-state index in [0.29, 0.717) is 42.1 Å². The second-order valence-corrected chi connectivity index (χ2v) is 12.5. The summed E-state index contributed by atoms with van der Waals surface area (Å²) >= 11 is 0. The maximum absolute atomic E-state index is 12.9. The minimum atomic E-state index is -0.0963. The van der Waals surface area contributed by atoms with Gasteiger partial charge in [-0.3, -0.25) is 9.59 Å². The number of nitrogens with zero attached hydrogens (tertiary/aromatic N) is 2. The third kappa shape index (κ3) is 4.18. The van der Waals surface area contributed by atoms with E-state index in [1.807, 2.05) is 4.90 Å². The molecule has 0 aromatic heterocycles. The molecule has 2 heterocycles. The number of ketones is 1. The molecule has 3 aliphatic carbocycles. The summed E-state index contributed by atoms with van der Waals surface area (Å²) in [6.07, 6.45) is 9.59. The number of morpholine rings is 1. The molecule has 37 heavy (non-hydrogen) atoms. The second-order valence-electron chi connectivity index (χ2n) is 12.5. The Morgan fingerprint density at radius 1 is 1.11 bits per heavy atom. The summed E-state index contributed by atoms with van der Waals surface area (Å²) in [5.41, 5.74) is 4.13. The average molecular weight is 509 g/mol. The highest BCUT2D eigenvalue weighted by Crippen LogP contribution is 2.62. The van der Waals surface area contributed by atoms with Gasteiger partial charge < -0.3 is 19.3 Å². The number of benzene rings is 1. The number of hydrogen-bond donors (Lipinski definition) is 0. The molecule has 5 atom stereocenters. The molecule has 2 aliphatic heterocycles. The SMILES string of the molecule is CCCC1Cc2cc(N3CCC(N4CCOCC4=O)CC3)c(OC)cc2C2CCC3(C)C(=O)CCC3C12. The molecule has 4 fully saturated rings. The van der Waals surface area contributed by atoms with E-state index in [4.69, 9.17) is 9.47 Å². The Bertz CT molecular complexity index is 1050. The topological polar surface area (TPSA) is 59.1 Å². The van der Waals surface area contributed by atoms with Crippen molar-refractivity contribution in [3.05, 3.63) is 23.3 Å². The van der Waals surface area contributed by atoms with Gasteiger partial charge in [0.15, 0.2) is 0 Å². The molecular formula is C31H44N2O4. The van der Waals surface area contributed by atoms with E-state index in [9.17, 15) is 9.59 Å². The largest absolute Gasteiger partial charge is 0.495 e. The maximum Gasteiger partial charge on any atom is 0.248 e. The zero-order valence-electron chi connectivity index (χ0n) is 23.0. The fraction of sp³-hybridized carbons (Fsp3) is 0.742. The van der Waals surface area contributed by atoms with Gasteiger partial charge >= 0.3 is 0 Å². The first-order valence-electron chi connectivity index (χ1n) is 14.8. The number of methoxy groups -OCH3 is 1. The highest BCUT2D eigenvalue weighted by Gasteiger charge is 2.56. The van der Waals surface area contributed by atoms with Crippen LogP contribution in [0.25, 0.3) is 0 Å². The van der Waals surface area contributed by atoms with Crippen LogP contribution in [0.3, 0.4) is 0 Å². The molecule has 202 valence electrons. The third-order valence-corrected chi connectivity index (χ3v) is 10.8. The van der Waals surface area contributed by atoms with Crippen molar-refractivity contribution >= 4 is 17.4 Å². The van der Waals surface area contributed by atoms with Crippen LogP contribution in [0.15, 0.2) is 12.1 Å². The summed E-state index contributed by atoms with van der Waals surface area (Å²) in [4.78, 5) is 29.8. The van der Waals surface area contributed by atoms with Crippen LogP contribution in [0.2, 0.25) is 0 Å². The summed E-state index contributed by atoms with van der Waals surface area (Å²) < 4.78 is 11.4. The number of amides is 1. The van der Waals surface area contributed by atoms with Crippen LogP contribution in [-0.4, -0.2) is 62.6 Å². The fourth-order valence-electron chi connectivity index (χ4n) is 8.97. The van der Waals surface area contributed by atoms with Crippen molar-refractivity contribution < 1.29 is 19.1 Å². The van der Waals surface area contributed by atoms with Gasteiger partial charge in [0.25, 0.3) is 0 Å². The monoisotopic (exact) mass is 508 g/mol. The Morgan fingerprint density at radius 2 is 1.92 bits per heavy atom. The van der Waals surface area contributed by atoms with Crippen molar-refractivity contribution in [2.24, 2.45) is 23.2 Å². The van der Waals surface area contributed by atoms with Crippen LogP contribution >= 0.6 is 0 Å². The van der Waals surface area contributed by atoms with Crippen LogP contribution in [-0.2, 0) is 20.7 Å². The van der Waals surface area contributed by atoms with Crippen LogP contribution in [0.4, 0.5) is 5.69 Å². The number of hydrogen-bond acceptors (Lipinski definition) is 5. The third-order valence-electron chi connectivity index (χ3n) is 10.8. The van der Waals surface area contributed by atoms with Crippen molar-refractivity contribution in [2.75, 3.05) is 44.9 Å². The van der Waals surface area contributed by atoms with Crippen LogP contribution in [0.5, 0.6) is 5.75 Å². The molecule has 5 unspecified atom stereocenters. The van der Waals surface area contributed by atoms with Gasteiger partial charge in [-0.05, 0) is 85.5 Å². The predicted octanol–water partition coefficient (Wildman–Crippen LogP) is 4.97. The van der Waals surface area contributed by atoms with E-state index >= 15 is 0 Å². The standard InChI is InChI=1S/C31H44N2O4/c1-4-5-20-16-21-17-26(32-12-9-22(10-13-32)33-14-15-37-19-29(33)35)27(36-3)18-24(21)23-8-11-31(2)25(30(20)23)6-7-28(31)34/h17-18,20,22-23,25,30H,4-16,19H2,1-3H3. The molecule has 1 aromatic carbocycles. The van der Waals surface area contributed by atoms with Gasteiger partial charge in [-0.2, -0.15) is 0 Å². The molecule has 6 nitrogen and oxygen atoms in total. The van der Waals surface area contributed by atoms with Gasteiger partial charge in [-0.25, -0.2) is 0 Å². The van der Waals surface area contributed by atoms with E-state index < -0.39 is 0 Å². The van der Waals surface area contributed by atoms with Gasteiger partial charge in [0.05, 0.1) is 19.4 Å². The van der Waals surface area contributed by atoms with Gasteiger partial charge in [-0.1, -0.05) is 26.7 Å². The Balaban J connectivity index is 1.27. The fourth-order valence-corrected chi connectivity index (χ4v) is 8.97. The smallest absolute Gasteiger partial charge is 0.248 e. The predicted molar refractivity (Wildman–Crippen MR) is 144 cm³/mol. The molecule has 1 aromatic rings. The summed E-state index contributed by atoms with van der Waals surface area (Å²) in [6, 6.07) is 5.12. The number of piperidine rings is 1. The Labute approximate surface area is 222 Å². The normalized spacial score (nSPS) is 34.2. The first-order valence-corrected chi connectivity index (χ1v) is 14.8. The minimum Gasteiger partial charge on any atom is -0.495 e. The molecule has 6 rings (SSSR count).